The lowest BCUT2D eigenvalue weighted by molar-refractivity contribution is -0.406. The summed E-state index contributed by atoms with van der Waals surface area (Å²) < 4.78 is 25.5. The van der Waals surface area contributed by atoms with E-state index in [9.17, 15) is 46.0 Å². The number of aliphatic hydroxyl groups excluding tert-OH is 8. The van der Waals surface area contributed by atoms with Gasteiger partial charge in [-0.15, -0.1) is 0 Å². The fourth-order valence-corrected chi connectivity index (χ4v) is 14.6. The van der Waals surface area contributed by atoms with Gasteiger partial charge in [0.25, 0.3) is 0 Å². The average molecular weight is 827 g/mol. The molecule has 0 radical (unpaired) electrons. The van der Waals surface area contributed by atoms with E-state index in [0.717, 1.165) is 19.3 Å². The Morgan fingerprint density at radius 3 is 1.91 bits per heavy atom. The normalized spacial score (nSPS) is 55.1. The Labute approximate surface area is 346 Å². The molecular weight excluding hydrogens is 748 g/mol. The minimum absolute atomic E-state index is 0.198. The topological polar surface area (TPSA) is 219 Å². The Balaban J connectivity index is 1.47. The lowest BCUT2D eigenvalue weighted by atomic mass is 9.24. The van der Waals surface area contributed by atoms with Gasteiger partial charge in [-0.25, -0.2) is 0 Å². The molecule has 2 aliphatic heterocycles. The molecule has 0 spiro atoms. The fourth-order valence-electron chi connectivity index (χ4n) is 14.6. The van der Waals surface area contributed by atoms with E-state index in [4.69, 9.17) is 18.9 Å². The van der Waals surface area contributed by atoms with Crippen molar-refractivity contribution in [2.24, 2.45) is 43.8 Å². The maximum atomic E-state index is 12.8. The molecule has 2 heterocycles. The first kappa shape index (κ1) is 46.7. The zero-order valence-corrected chi connectivity index (χ0v) is 37.2. The minimum atomic E-state index is -1.71. The predicted octanol–water partition coefficient (Wildman–Crippen LogP) is 3.32. The van der Waals surface area contributed by atoms with Crippen LogP contribution in [-0.4, -0.2) is 138 Å². The molecule has 4 saturated carbocycles. The van der Waals surface area contributed by atoms with Crippen LogP contribution in [0.2, 0.25) is 0 Å². The molecule has 4 aliphatic carbocycles. The van der Waals surface area contributed by atoms with Crippen molar-refractivity contribution in [2.75, 3.05) is 6.61 Å². The average Bonchev–Trinajstić information content (AvgIpc) is 3.44. The van der Waals surface area contributed by atoms with Gasteiger partial charge in [-0.05, 0) is 112 Å². The van der Waals surface area contributed by atoms with Gasteiger partial charge in [0.1, 0.15) is 42.7 Å². The molecule has 0 aromatic heterocycles. The molecule has 0 aromatic rings. The second-order valence-electron chi connectivity index (χ2n) is 21.9. The van der Waals surface area contributed by atoms with Crippen LogP contribution in [0.4, 0.5) is 0 Å². The summed E-state index contributed by atoms with van der Waals surface area (Å²) in [6.07, 6.45) is -9.79. The molecular formula is C45H78O13. The van der Waals surface area contributed by atoms with Crippen molar-refractivity contribution in [3.63, 3.8) is 0 Å². The van der Waals surface area contributed by atoms with E-state index >= 15 is 0 Å². The predicted molar refractivity (Wildman–Crippen MR) is 215 cm³/mol. The quantitative estimate of drug-likeness (QED) is 0.121. The van der Waals surface area contributed by atoms with Gasteiger partial charge in [0.2, 0.25) is 0 Å². The first-order valence-electron chi connectivity index (χ1n) is 21.9. The maximum absolute atomic E-state index is 12.8. The molecule has 0 bridgehead atoms. The van der Waals surface area contributed by atoms with E-state index in [1.807, 2.05) is 6.92 Å². The molecule has 336 valence electrons. The summed E-state index contributed by atoms with van der Waals surface area (Å²) in [5, 5.41) is 102. The van der Waals surface area contributed by atoms with Crippen molar-refractivity contribution in [3.05, 3.63) is 11.6 Å². The summed E-state index contributed by atoms with van der Waals surface area (Å²) in [6.45, 7) is 24.6. The van der Waals surface area contributed by atoms with Gasteiger partial charge >= 0.3 is 0 Å². The number of ether oxygens (including phenoxy) is 4. The van der Waals surface area contributed by atoms with Gasteiger partial charge in [-0.1, -0.05) is 67.0 Å². The van der Waals surface area contributed by atoms with Gasteiger partial charge in [0, 0.05) is 10.8 Å². The van der Waals surface area contributed by atoms with Gasteiger partial charge < -0.3 is 64.9 Å². The molecule has 2 saturated heterocycles. The highest BCUT2D eigenvalue weighted by Crippen LogP contribution is 2.85. The van der Waals surface area contributed by atoms with Crippen LogP contribution in [0.3, 0.4) is 0 Å². The number of fused-ring (bicyclic) bond motifs is 5. The third kappa shape index (κ3) is 6.17. The van der Waals surface area contributed by atoms with Gasteiger partial charge in [-0.2, -0.15) is 0 Å². The molecule has 21 atom stereocenters. The molecule has 9 N–H and O–H groups in total. The molecule has 0 amide bonds. The molecule has 13 heteroatoms. The van der Waals surface area contributed by atoms with E-state index in [1.165, 1.54) is 12.5 Å². The van der Waals surface area contributed by atoms with Crippen LogP contribution >= 0.6 is 0 Å². The second-order valence-corrected chi connectivity index (χ2v) is 21.9. The molecule has 6 fully saturated rings. The van der Waals surface area contributed by atoms with Crippen LogP contribution in [0.15, 0.2) is 11.6 Å². The molecule has 13 nitrogen and oxygen atoms in total. The maximum Gasteiger partial charge on any atom is 0.187 e. The Morgan fingerprint density at radius 1 is 0.707 bits per heavy atom. The Kier molecular flexibility index (Phi) is 12.2. The summed E-state index contributed by atoms with van der Waals surface area (Å²) in [7, 11) is 0. The number of allylic oxidation sites excluding steroid dienone is 2. The van der Waals surface area contributed by atoms with E-state index in [-0.39, 0.29) is 5.92 Å². The SMILES string of the molecule is CC(C)=CCC[C@@](C)(O)C1CC[C@@]2(C)[C@]3(C)CC(O[C@@H]4O[C@H](CO)[C@@H](O)[C@H](O)C4O[C@@H]4O[C@@H](C)[C@H](O)[C@H](O)[C@H]4O)[C@@]4(C)C(C)(C)[C@@H](O)CC[C@]4(C)[C@@]3(C)C[C@@H](O)[C@]12C. The van der Waals surface area contributed by atoms with Gasteiger partial charge in [0.15, 0.2) is 12.6 Å². The van der Waals surface area contributed by atoms with E-state index in [0.29, 0.717) is 32.1 Å². The Morgan fingerprint density at radius 2 is 1.31 bits per heavy atom. The summed E-state index contributed by atoms with van der Waals surface area (Å²) in [5.74, 6) is -0.198. The number of hydrogen-bond acceptors (Lipinski definition) is 13. The lowest BCUT2D eigenvalue weighted by Gasteiger charge is -2.81. The third-order valence-corrected chi connectivity index (χ3v) is 19.4. The first-order chi connectivity index (χ1) is 26.6. The summed E-state index contributed by atoms with van der Waals surface area (Å²) in [6, 6.07) is 0. The second kappa shape index (κ2) is 15.2. The van der Waals surface area contributed by atoms with Crippen molar-refractivity contribution < 1.29 is 64.9 Å². The van der Waals surface area contributed by atoms with Crippen molar-refractivity contribution >= 4 is 0 Å². The zero-order valence-electron chi connectivity index (χ0n) is 37.2. The zero-order chi connectivity index (χ0) is 43.6. The highest BCUT2D eigenvalue weighted by molar-refractivity contribution is 5.31. The largest absolute Gasteiger partial charge is 0.394 e. The van der Waals surface area contributed by atoms with Crippen molar-refractivity contribution in [1.29, 1.82) is 0 Å². The van der Waals surface area contributed by atoms with Gasteiger partial charge in [0.05, 0.1) is 36.6 Å². The van der Waals surface area contributed by atoms with Crippen LogP contribution in [0, 0.1) is 43.8 Å². The highest BCUT2D eigenvalue weighted by Gasteiger charge is 2.83. The third-order valence-electron chi connectivity index (χ3n) is 19.4. The van der Waals surface area contributed by atoms with Crippen LogP contribution in [0.5, 0.6) is 0 Å². The number of rotatable bonds is 9. The van der Waals surface area contributed by atoms with Crippen LogP contribution in [-0.2, 0) is 18.9 Å². The van der Waals surface area contributed by atoms with Crippen molar-refractivity contribution in [2.45, 2.75) is 220 Å². The van der Waals surface area contributed by atoms with Crippen molar-refractivity contribution in [3.8, 4) is 0 Å². The molecule has 58 heavy (non-hydrogen) atoms. The summed E-state index contributed by atoms with van der Waals surface area (Å²) in [4.78, 5) is 0. The van der Waals surface area contributed by atoms with Crippen LogP contribution < -0.4 is 0 Å². The minimum Gasteiger partial charge on any atom is -0.394 e. The molecule has 3 unspecified atom stereocenters. The first-order valence-corrected chi connectivity index (χ1v) is 21.9. The van der Waals surface area contributed by atoms with Crippen LogP contribution in [0.1, 0.15) is 134 Å². The summed E-state index contributed by atoms with van der Waals surface area (Å²) >= 11 is 0. The van der Waals surface area contributed by atoms with E-state index in [1.54, 1.807) is 0 Å². The van der Waals surface area contributed by atoms with E-state index in [2.05, 4.69) is 75.3 Å². The molecule has 6 rings (SSSR count). The highest BCUT2D eigenvalue weighted by atomic mass is 16.8. The molecule has 6 aliphatic rings. The van der Waals surface area contributed by atoms with Crippen molar-refractivity contribution in [1.82, 2.24) is 0 Å². The van der Waals surface area contributed by atoms with Crippen LogP contribution in [0.25, 0.3) is 0 Å². The van der Waals surface area contributed by atoms with E-state index < -0.39 is 130 Å². The fraction of sp³-hybridized carbons (Fsp3) is 0.956. The lowest BCUT2D eigenvalue weighted by Crippen LogP contribution is -2.79. The van der Waals surface area contributed by atoms with Gasteiger partial charge in [-0.3, -0.25) is 0 Å². The Hall–Kier alpha value is -0.780. The monoisotopic (exact) mass is 827 g/mol. The number of aliphatic hydroxyl groups is 9. The standard InChI is InChI=1S/C45H78O13/c1-23(2)14-13-17-39(6,54)26-15-18-40(7)43(10)21-29(45(12)38(4,5)27(47)16-19-41(45,8)42(43,9)20-28(48)44(26,40)11)57-37-35(33(52)31(50)25(22-46)56-37)58-36-34(53)32(51)30(49)24(3)55-36/h14,24-37,46-54H,13,15-22H2,1-12H3/t24-,25+,26?,27-,28+,29?,30-,31+,32-,33-,34+,35?,36-,37-,39+,40-,41+,42+,43-,44-,45-/m0/s1. The molecule has 0 aromatic carbocycles. The Bertz CT molecular complexity index is 1530. The number of hydrogen-bond donors (Lipinski definition) is 9. The smallest absolute Gasteiger partial charge is 0.187 e. The summed E-state index contributed by atoms with van der Waals surface area (Å²) in [5.41, 5.74) is -4.28.